The molecule has 0 aromatic rings. The van der Waals surface area contributed by atoms with Crippen LogP contribution in [0.1, 0.15) is 25.7 Å². The molecule has 19 heteroatoms. The second kappa shape index (κ2) is 14.3. The average Bonchev–Trinajstić information content (AvgIpc) is 3.63. The first-order valence-corrected chi connectivity index (χ1v) is 15.8. The van der Waals surface area contributed by atoms with E-state index in [4.69, 9.17) is 47.6 Å². The van der Waals surface area contributed by atoms with Crippen molar-refractivity contribution in [3.63, 3.8) is 0 Å². The Morgan fingerprint density at radius 3 is 2.02 bits per heavy atom. The summed E-state index contributed by atoms with van der Waals surface area (Å²) in [6.07, 6.45) is -13.6. The van der Waals surface area contributed by atoms with Crippen molar-refractivity contribution in [2.45, 2.75) is 135 Å². The SMILES string of the molecule is NC1CC(CNC[C@H]2O[C@H](OC3[C@@H](N)C[C@@H](NC(=O)C4(O)CC4N)[C@H](O[C@H]4O[C@H](CO)[C@@H](O)[C@H](N)[C@H]4O)[C@H]3O)[C@H](N)[C@@H](O)[C@@H]2O)C1. The molecule has 3 unspecified atom stereocenters. The van der Waals surface area contributed by atoms with Gasteiger partial charge in [0.2, 0.25) is 0 Å². The topological polar surface area (TPSA) is 350 Å². The number of nitrogens with one attached hydrogen (secondary N) is 2. The first-order chi connectivity index (χ1) is 21.7. The third-order valence-electron chi connectivity index (χ3n) is 10.0. The summed E-state index contributed by atoms with van der Waals surface area (Å²) in [6, 6.07) is -5.22. The Kier molecular flexibility index (Phi) is 11.2. The van der Waals surface area contributed by atoms with Crippen molar-refractivity contribution in [2.75, 3.05) is 19.7 Å². The van der Waals surface area contributed by atoms with E-state index in [1.54, 1.807) is 0 Å². The summed E-state index contributed by atoms with van der Waals surface area (Å²) in [4.78, 5) is 12.9. The standard InChI is InChI=1S/C27H51N7O12/c28-9-1-8(2-9)5-33-6-12-18(37)19(38)16(32)24(43-12)45-22-10(29)3-11(34-26(41)27(42)4-14(27)30)23(21(22)40)46-25-20(39)15(31)17(36)13(7-35)44-25/h8-25,33,35-40,42H,1-7,28-32H2,(H,34,41)/t8?,9?,10-,11+,12+,13+,14?,15-,16+,17+,18+,19+,20+,21-,22?,23-,24+,25+,27?/m0/s1. The van der Waals surface area contributed by atoms with Gasteiger partial charge in [-0.25, -0.2) is 0 Å². The van der Waals surface area contributed by atoms with E-state index in [0.717, 1.165) is 12.8 Å². The molecule has 2 saturated heterocycles. The van der Waals surface area contributed by atoms with Gasteiger partial charge in [-0.05, 0) is 31.7 Å². The quantitative estimate of drug-likeness (QED) is 0.0973. The summed E-state index contributed by atoms with van der Waals surface area (Å²) in [7, 11) is 0. The maximum atomic E-state index is 12.9. The van der Waals surface area contributed by atoms with Crippen LogP contribution in [0.2, 0.25) is 0 Å². The second-order valence-corrected chi connectivity index (χ2v) is 13.5. The van der Waals surface area contributed by atoms with E-state index in [-0.39, 0.29) is 25.4 Å². The fraction of sp³-hybridized carbons (Fsp3) is 0.963. The predicted molar refractivity (Wildman–Crippen MR) is 156 cm³/mol. The molecule has 0 radical (unpaired) electrons. The number of nitrogens with two attached hydrogens (primary N) is 5. The minimum Gasteiger partial charge on any atom is -0.394 e. The smallest absolute Gasteiger partial charge is 0.253 e. The van der Waals surface area contributed by atoms with Gasteiger partial charge in [0, 0.05) is 31.1 Å². The zero-order chi connectivity index (χ0) is 33.7. The molecule has 0 aromatic carbocycles. The van der Waals surface area contributed by atoms with E-state index in [0.29, 0.717) is 12.5 Å². The number of amides is 1. The lowest BCUT2D eigenvalue weighted by atomic mass is 9.81. The fourth-order valence-corrected chi connectivity index (χ4v) is 6.73. The first-order valence-electron chi connectivity index (χ1n) is 15.8. The van der Waals surface area contributed by atoms with Gasteiger partial charge in [-0.3, -0.25) is 4.79 Å². The molecule has 1 amide bonds. The summed E-state index contributed by atoms with van der Waals surface area (Å²) in [5, 5.41) is 79.9. The van der Waals surface area contributed by atoms with Crippen LogP contribution < -0.4 is 39.3 Å². The fourth-order valence-electron chi connectivity index (χ4n) is 6.73. The molecule has 46 heavy (non-hydrogen) atoms. The van der Waals surface area contributed by atoms with Gasteiger partial charge in [0.25, 0.3) is 5.91 Å². The highest BCUT2D eigenvalue weighted by molar-refractivity contribution is 5.89. The molecule has 0 bridgehead atoms. The summed E-state index contributed by atoms with van der Waals surface area (Å²) in [5.41, 5.74) is 28.3. The van der Waals surface area contributed by atoms with Gasteiger partial charge in [0.05, 0.1) is 24.7 Å². The van der Waals surface area contributed by atoms with E-state index < -0.39 is 116 Å². The van der Waals surface area contributed by atoms with E-state index in [2.05, 4.69) is 10.6 Å². The van der Waals surface area contributed by atoms with Gasteiger partial charge >= 0.3 is 0 Å². The number of hydrogen-bond acceptors (Lipinski definition) is 18. The third-order valence-corrected chi connectivity index (χ3v) is 10.0. The minimum absolute atomic E-state index is 0.0160. The highest BCUT2D eigenvalue weighted by atomic mass is 16.7. The van der Waals surface area contributed by atoms with Crippen LogP contribution >= 0.6 is 0 Å². The van der Waals surface area contributed by atoms with Crippen molar-refractivity contribution in [1.82, 2.24) is 10.6 Å². The molecule has 17 atom stereocenters. The van der Waals surface area contributed by atoms with Crippen LogP contribution in [0.25, 0.3) is 0 Å². The molecule has 2 heterocycles. The van der Waals surface area contributed by atoms with Crippen molar-refractivity contribution in [3.8, 4) is 0 Å². The predicted octanol–water partition coefficient (Wildman–Crippen LogP) is -8.34. The minimum atomic E-state index is -1.82. The van der Waals surface area contributed by atoms with E-state index >= 15 is 0 Å². The zero-order valence-corrected chi connectivity index (χ0v) is 25.4. The Hall–Kier alpha value is -1.21. The van der Waals surface area contributed by atoms with Crippen LogP contribution in [-0.4, -0.2) is 171 Å². The van der Waals surface area contributed by atoms with Crippen LogP contribution in [0.4, 0.5) is 0 Å². The van der Waals surface area contributed by atoms with Gasteiger partial charge in [-0.15, -0.1) is 0 Å². The van der Waals surface area contributed by atoms with Gasteiger partial charge in [-0.2, -0.15) is 0 Å². The molecule has 3 saturated carbocycles. The normalized spacial score (nSPS) is 52.5. The Labute approximate surface area is 265 Å². The lowest BCUT2D eigenvalue weighted by Gasteiger charge is -2.49. The van der Waals surface area contributed by atoms with Crippen LogP contribution in [0.3, 0.4) is 0 Å². The van der Waals surface area contributed by atoms with Crippen LogP contribution in [0, 0.1) is 5.92 Å². The van der Waals surface area contributed by atoms with Crippen LogP contribution in [-0.2, 0) is 23.7 Å². The van der Waals surface area contributed by atoms with E-state index in [1.807, 2.05) is 0 Å². The molecule has 2 aliphatic heterocycles. The Bertz CT molecular complexity index is 1050. The Morgan fingerprint density at radius 2 is 1.41 bits per heavy atom. The van der Waals surface area contributed by atoms with Crippen molar-refractivity contribution in [2.24, 2.45) is 34.6 Å². The summed E-state index contributed by atoms with van der Waals surface area (Å²) >= 11 is 0. The Morgan fingerprint density at radius 1 is 0.783 bits per heavy atom. The van der Waals surface area contributed by atoms with Gasteiger partial charge in [0.1, 0.15) is 54.9 Å². The molecule has 0 spiro atoms. The number of ether oxygens (including phenoxy) is 4. The number of carbonyl (C=O) groups excluding carboxylic acids is 1. The molecule has 0 aromatic heterocycles. The van der Waals surface area contributed by atoms with Crippen molar-refractivity contribution in [3.05, 3.63) is 0 Å². The summed E-state index contributed by atoms with van der Waals surface area (Å²) in [6.45, 7) is 0.140. The molecular weight excluding hydrogens is 614 g/mol. The lowest BCUT2D eigenvalue weighted by molar-refractivity contribution is -0.320. The summed E-state index contributed by atoms with van der Waals surface area (Å²) in [5.74, 6) is -0.430. The number of rotatable bonds is 11. The second-order valence-electron chi connectivity index (χ2n) is 13.5. The molecule has 19 N–H and O–H groups in total. The molecular formula is C27H51N7O12. The molecule has 5 aliphatic rings. The van der Waals surface area contributed by atoms with Crippen molar-refractivity contribution >= 4 is 5.91 Å². The third kappa shape index (κ3) is 7.21. The van der Waals surface area contributed by atoms with Crippen LogP contribution in [0.5, 0.6) is 0 Å². The van der Waals surface area contributed by atoms with Gasteiger partial charge in [0.15, 0.2) is 18.2 Å². The molecule has 266 valence electrons. The largest absolute Gasteiger partial charge is 0.394 e. The van der Waals surface area contributed by atoms with Crippen molar-refractivity contribution in [1.29, 1.82) is 0 Å². The van der Waals surface area contributed by atoms with Gasteiger partial charge in [-0.1, -0.05) is 0 Å². The monoisotopic (exact) mass is 665 g/mol. The van der Waals surface area contributed by atoms with E-state index in [1.165, 1.54) is 0 Å². The summed E-state index contributed by atoms with van der Waals surface area (Å²) < 4.78 is 23.5. The highest BCUT2D eigenvalue weighted by Crippen LogP contribution is 2.36. The number of aliphatic hydroxyl groups excluding tert-OH is 6. The number of aliphatic hydroxyl groups is 7. The van der Waals surface area contributed by atoms with E-state index in [9.17, 15) is 40.5 Å². The Balaban J connectivity index is 1.30. The molecule has 3 aliphatic carbocycles. The number of hydrogen-bond donors (Lipinski definition) is 14. The van der Waals surface area contributed by atoms with Crippen LogP contribution in [0.15, 0.2) is 0 Å². The molecule has 5 fully saturated rings. The average molecular weight is 666 g/mol. The number of carbonyl (C=O) groups is 1. The van der Waals surface area contributed by atoms with Crippen molar-refractivity contribution < 1.29 is 59.5 Å². The maximum Gasteiger partial charge on any atom is 0.253 e. The molecule has 19 nitrogen and oxygen atoms in total. The maximum absolute atomic E-state index is 12.9. The van der Waals surface area contributed by atoms with Gasteiger partial charge < -0.3 is 94.0 Å². The molecule has 5 rings (SSSR count). The first kappa shape index (κ1) is 36.1. The highest BCUT2D eigenvalue weighted by Gasteiger charge is 2.59. The zero-order valence-electron chi connectivity index (χ0n) is 25.4. The lowest BCUT2D eigenvalue weighted by Crippen LogP contribution is -2.70.